The molecule has 1 atom stereocenters. The largest absolute Gasteiger partial charge is 0.481 e. The van der Waals surface area contributed by atoms with Crippen LogP contribution in [0.1, 0.15) is 18.7 Å². The summed E-state index contributed by atoms with van der Waals surface area (Å²) in [4.78, 5) is 11.8. The van der Waals surface area contributed by atoms with E-state index in [1.165, 1.54) is 0 Å². The smallest absolute Gasteiger partial charge is 0.258 e. The van der Waals surface area contributed by atoms with Gasteiger partial charge in [-0.1, -0.05) is 6.07 Å². The molecule has 1 unspecified atom stereocenters. The Hall–Kier alpha value is -1.27. The molecule has 2 rings (SSSR count). The van der Waals surface area contributed by atoms with E-state index < -0.39 is 0 Å². The first-order valence-corrected chi connectivity index (χ1v) is 7.56. The van der Waals surface area contributed by atoms with E-state index in [0.29, 0.717) is 11.5 Å². The topological polar surface area (TPSA) is 51.5 Å². The van der Waals surface area contributed by atoms with E-state index in [4.69, 9.17) is 9.15 Å². The van der Waals surface area contributed by atoms with Crippen molar-refractivity contribution in [2.75, 3.05) is 6.61 Å². The van der Waals surface area contributed by atoms with Crippen LogP contribution in [0.2, 0.25) is 0 Å². The third-order valence-corrected chi connectivity index (χ3v) is 3.86. The number of benzene rings is 1. The highest BCUT2D eigenvalue weighted by molar-refractivity contribution is 9.11. The number of ether oxygens (including phenoxy) is 1. The molecule has 1 aromatic carbocycles. The second kappa shape index (κ2) is 6.95. The van der Waals surface area contributed by atoms with Gasteiger partial charge < -0.3 is 14.5 Å². The third kappa shape index (κ3) is 3.86. The molecule has 4 nitrogen and oxygen atoms in total. The fraction of sp³-hybridized carbons (Fsp3) is 0.214. The summed E-state index contributed by atoms with van der Waals surface area (Å²) in [6.45, 7) is 1.79. The molecule has 0 aliphatic rings. The van der Waals surface area contributed by atoms with Crippen molar-refractivity contribution in [3.63, 3.8) is 0 Å². The number of carbonyl (C=O) groups is 1. The molecule has 0 fully saturated rings. The highest BCUT2D eigenvalue weighted by Crippen LogP contribution is 2.32. The first kappa shape index (κ1) is 15.1. The lowest BCUT2D eigenvalue weighted by Crippen LogP contribution is -2.31. The zero-order valence-corrected chi connectivity index (χ0v) is 13.9. The number of carbonyl (C=O) groups excluding carboxylic acids is 1. The second-order valence-electron chi connectivity index (χ2n) is 4.14. The Kier molecular flexibility index (Phi) is 5.25. The number of halogens is 2. The Morgan fingerprint density at radius 3 is 2.60 bits per heavy atom. The molecule has 2 aromatic rings. The SMILES string of the molecule is CC(NC(=O)COc1c(Br)cccc1Br)c1ccco1. The van der Waals surface area contributed by atoms with Crippen LogP contribution in [0.15, 0.2) is 50.0 Å². The number of para-hydroxylation sites is 1. The van der Waals surface area contributed by atoms with Crippen molar-refractivity contribution < 1.29 is 13.9 Å². The molecule has 20 heavy (non-hydrogen) atoms. The number of furan rings is 1. The quantitative estimate of drug-likeness (QED) is 0.820. The molecule has 0 saturated carbocycles. The van der Waals surface area contributed by atoms with Crippen LogP contribution in [-0.4, -0.2) is 12.5 Å². The summed E-state index contributed by atoms with van der Waals surface area (Å²) in [7, 11) is 0. The number of rotatable bonds is 5. The maximum absolute atomic E-state index is 11.8. The molecule has 1 N–H and O–H groups in total. The minimum atomic E-state index is -0.212. The first-order chi connectivity index (χ1) is 9.58. The number of hydrogen-bond acceptors (Lipinski definition) is 3. The second-order valence-corrected chi connectivity index (χ2v) is 5.85. The van der Waals surface area contributed by atoms with E-state index in [-0.39, 0.29) is 18.6 Å². The van der Waals surface area contributed by atoms with Crippen molar-refractivity contribution >= 4 is 37.8 Å². The maximum Gasteiger partial charge on any atom is 0.258 e. The molecule has 0 saturated heterocycles. The Morgan fingerprint density at radius 1 is 1.30 bits per heavy atom. The molecule has 1 amide bonds. The van der Waals surface area contributed by atoms with Gasteiger partial charge in [0.05, 0.1) is 21.3 Å². The summed E-state index contributed by atoms with van der Waals surface area (Å²) in [6.07, 6.45) is 1.58. The molecular weight excluding hydrogens is 390 g/mol. The average Bonchev–Trinajstić information content (AvgIpc) is 2.92. The van der Waals surface area contributed by atoms with Gasteiger partial charge in [0.25, 0.3) is 5.91 Å². The lowest BCUT2D eigenvalue weighted by atomic mass is 10.2. The molecule has 1 heterocycles. The summed E-state index contributed by atoms with van der Waals surface area (Å²) < 4.78 is 12.3. The lowest BCUT2D eigenvalue weighted by Gasteiger charge is -2.13. The molecule has 106 valence electrons. The van der Waals surface area contributed by atoms with E-state index in [1.807, 2.05) is 31.2 Å². The van der Waals surface area contributed by atoms with Crippen LogP contribution in [0.5, 0.6) is 5.75 Å². The third-order valence-electron chi connectivity index (χ3n) is 2.61. The van der Waals surface area contributed by atoms with E-state index in [2.05, 4.69) is 37.2 Å². The highest BCUT2D eigenvalue weighted by Gasteiger charge is 2.13. The van der Waals surface area contributed by atoms with Crippen molar-refractivity contribution in [1.29, 1.82) is 0 Å². The summed E-state index contributed by atoms with van der Waals surface area (Å²) >= 11 is 6.76. The van der Waals surface area contributed by atoms with Gasteiger partial charge in [0.2, 0.25) is 0 Å². The van der Waals surface area contributed by atoms with Crippen molar-refractivity contribution in [3.8, 4) is 5.75 Å². The molecule has 0 radical (unpaired) electrons. The zero-order valence-electron chi connectivity index (χ0n) is 10.7. The summed E-state index contributed by atoms with van der Waals surface area (Å²) in [5, 5.41) is 2.80. The van der Waals surface area contributed by atoms with Crippen molar-refractivity contribution in [2.24, 2.45) is 0 Å². The Bertz CT molecular complexity index is 564. The van der Waals surface area contributed by atoms with E-state index in [1.54, 1.807) is 12.3 Å². The molecule has 0 aliphatic heterocycles. The van der Waals surface area contributed by atoms with Crippen molar-refractivity contribution in [3.05, 3.63) is 51.3 Å². The van der Waals surface area contributed by atoms with Crippen LogP contribution < -0.4 is 10.1 Å². The zero-order chi connectivity index (χ0) is 14.5. The first-order valence-electron chi connectivity index (χ1n) is 5.97. The standard InChI is InChI=1S/C14H13Br2NO3/c1-9(12-6-3-7-19-12)17-13(18)8-20-14-10(15)4-2-5-11(14)16/h2-7,9H,8H2,1H3,(H,17,18). The van der Waals surface area contributed by atoms with Crippen LogP contribution in [0, 0.1) is 0 Å². The van der Waals surface area contributed by atoms with E-state index in [0.717, 1.165) is 8.95 Å². The fourth-order valence-electron chi connectivity index (χ4n) is 1.65. The van der Waals surface area contributed by atoms with Crippen molar-refractivity contribution in [2.45, 2.75) is 13.0 Å². The molecule has 6 heteroatoms. The van der Waals surface area contributed by atoms with Gasteiger partial charge in [0.15, 0.2) is 6.61 Å². The van der Waals surface area contributed by atoms with Crippen LogP contribution in [0.3, 0.4) is 0 Å². The van der Waals surface area contributed by atoms with Gasteiger partial charge in [-0.25, -0.2) is 0 Å². The van der Waals surface area contributed by atoms with Gasteiger partial charge in [0.1, 0.15) is 11.5 Å². The summed E-state index contributed by atoms with van der Waals surface area (Å²) in [5.41, 5.74) is 0. The number of hydrogen-bond donors (Lipinski definition) is 1. The van der Waals surface area contributed by atoms with Crippen LogP contribution in [0.4, 0.5) is 0 Å². The Morgan fingerprint density at radius 2 is 2.00 bits per heavy atom. The Balaban J connectivity index is 1.89. The minimum absolute atomic E-state index is 0.0632. The van der Waals surface area contributed by atoms with Gasteiger partial charge in [-0.2, -0.15) is 0 Å². The Labute approximate surface area is 133 Å². The van der Waals surface area contributed by atoms with E-state index in [9.17, 15) is 4.79 Å². The van der Waals surface area contributed by atoms with Crippen molar-refractivity contribution in [1.82, 2.24) is 5.32 Å². The molecule has 1 aromatic heterocycles. The van der Waals surface area contributed by atoms with E-state index >= 15 is 0 Å². The molecule has 0 spiro atoms. The number of nitrogens with one attached hydrogen (secondary N) is 1. The van der Waals surface area contributed by atoms with Gasteiger partial charge >= 0.3 is 0 Å². The number of amides is 1. The summed E-state index contributed by atoms with van der Waals surface area (Å²) in [5.74, 6) is 1.10. The summed E-state index contributed by atoms with van der Waals surface area (Å²) in [6, 6.07) is 8.99. The van der Waals surface area contributed by atoms with Crippen LogP contribution in [-0.2, 0) is 4.79 Å². The normalized spacial score (nSPS) is 11.9. The van der Waals surface area contributed by atoms with Crippen LogP contribution >= 0.6 is 31.9 Å². The highest BCUT2D eigenvalue weighted by atomic mass is 79.9. The van der Waals surface area contributed by atoms with Crippen LogP contribution in [0.25, 0.3) is 0 Å². The van der Waals surface area contributed by atoms with Gasteiger partial charge in [-0.15, -0.1) is 0 Å². The predicted octanol–water partition coefficient (Wildman–Crippen LogP) is 4.06. The minimum Gasteiger partial charge on any atom is -0.481 e. The molecule has 0 bridgehead atoms. The molecule has 0 aliphatic carbocycles. The average molecular weight is 403 g/mol. The van der Waals surface area contributed by atoms with Gasteiger partial charge in [-0.3, -0.25) is 4.79 Å². The predicted molar refractivity (Wildman–Crippen MR) is 82.6 cm³/mol. The lowest BCUT2D eigenvalue weighted by molar-refractivity contribution is -0.123. The maximum atomic E-state index is 11.8. The van der Waals surface area contributed by atoms with Gasteiger partial charge in [-0.05, 0) is 63.0 Å². The van der Waals surface area contributed by atoms with Gasteiger partial charge in [0, 0.05) is 0 Å². The fourth-order valence-corrected chi connectivity index (χ4v) is 2.88. The monoisotopic (exact) mass is 401 g/mol. The molecular formula is C14H13Br2NO3.